The smallest absolute Gasteiger partial charge is 0.872 e. The van der Waals surface area contributed by atoms with Crippen LogP contribution >= 0.6 is 0 Å². The minimum absolute atomic E-state index is 0. The number of aromatic hydroxyl groups is 1. The quantitative estimate of drug-likeness (QED) is 0.375. The third-order valence-corrected chi connectivity index (χ3v) is 3.94. The Morgan fingerprint density at radius 3 is 2.11 bits per heavy atom. The summed E-state index contributed by atoms with van der Waals surface area (Å²) >= 11 is 0. The van der Waals surface area contributed by atoms with Crippen molar-refractivity contribution in [2.75, 3.05) is 7.11 Å². The largest absolute Gasteiger partial charge is 1.00 e. The first-order valence-corrected chi connectivity index (χ1v) is 7.76. The Hall–Kier alpha value is -2.62. The van der Waals surface area contributed by atoms with Gasteiger partial charge in [0.1, 0.15) is 11.5 Å². The van der Waals surface area contributed by atoms with Crippen molar-refractivity contribution in [1.82, 2.24) is 0 Å². The van der Waals surface area contributed by atoms with Gasteiger partial charge in [0.25, 0.3) is 0 Å². The van der Waals surface area contributed by atoms with Crippen LogP contribution in [0.1, 0.15) is 31.8 Å². The normalized spacial score (nSPS) is 13.4. The Kier molecular flexibility index (Phi) is 6.78. The molecule has 0 saturated heterocycles. The van der Waals surface area contributed by atoms with Crippen LogP contribution < -0.4 is 5.11 Å². The van der Waals surface area contributed by atoms with E-state index < -0.39 is 17.3 Å². The summed E-state index contributed by atoms with van der Waals surface area (Å²) in [6.07, 6.45) is 7.36. The fraction of sp³-hybridized carbons (Fsp3) is 0.0476. The molecule has 2 aliphatic carbocycles. The standard InChI is InChI=1S/C14H8O4.C7H7O.Hg/c15-9-5-6-10(16)12-11(9)13(17)7-3-1-2-4-8(7)14(12)18;1-8-7-5-3-2-4-6-7;/h1-6,15-16H;3-6H,1H3;/q;;+1/p-1. The van der Waals surface area contributed by atoms with E-state index in [1.165, 1.54) is 12.1 Å². The molecule has 2 radical (unpaired) electrons. The first kappa shape index (κ1) is 20.7. The molecule has 0 unspecified atom stereocenters. The molecular formula is C21H14HgO5. The zero-order valence-electron chi connectivity index (χ0n) is 14.6. The Bertz CT molecular complexity index is 938. The van der Waals surface area contributed by atoms with Crippen molar-refractivity contribution < 1.29 is 52.2 Å². The van der Waals surface area contributed by atoms with Gasteiger partial charge in [0, 0.05) is 16.7 Å². The molecule has 27 heavy (non-hydrogen) atoms. The van der Waals surface area contributed by atoms with Crippen LogP contribution in [0.5, 0.6) is 11.5 Å². The first-order chi connectivity index (χ1) is 12.5. The van der Waals surface area contributed by atoms with Crippen molar-refractivity contribution >= 4 is 11.6 Å². The molecule has 0 aliphatic heterocycles. The van der Waals surface area contributed by atoms with Crippen molar-refractivity contribution in [3.05, 3.63) is 94.8 Å². The zero-order chi connectivity index (χ0) is 18.7. The molecule has 2 aromatic rings. The number of allylic oxidation sites excluding steroid dienone is 2. The van der Waals surface area contributed by atoms with Crippen LogP contribution in [0.25, 0.3) is 0 Å². The van der Waals surface area contributed by atoms with Crippen molar-refractivity contribution in [2.45, 2.75) is 0 Å². The number of fused-ring (bicyclic) bond motifs is 2. The number of hydrogen-bond donors (Lipinski definition) is 1. The van der Waals surface area contributed by atoms with Crippen LogP contribution in [0.15, 0.2) is 66.1 Å². The molecule has 1 N–H and O–H groups in total. The van der Waals surface area contributed by atoms with Gasteiger partial charge < -0.3 is 14.9 Å². The number of hydrogen-bond acceptors (Lipinski definition) is 5. The number of carbonyl (C=O) groups is 2. The Labute approximate surface area is 176 Å². The number of phenols is 1. The van der Waals surface area contributed by atoms with E-state index in [9.17, 15) is 19.8 Å². The zero-order valence-corrected chi connectivity index (χ0v) is 20.1. The van der Waals surface area contributed by atoms with Crippen molar-refractivity contribution in [3.63, 3.8) is 0 Å². The summed E-state index contributed by atoms with van der Waals surface area (Å²) in [6.45, 7) is 0. The van der Waals surface area contributed by atoms with Gasteiger partial charge in [-0.1, -0.05) is 36.1 Å². The van der Waals surface area contributed by atoms with E-state index in [0.29, 0.717) is 0 Å². The third-order valence-electron chi connectivity index (χ3n) is 3.94. The van der Waals surface area contributed by atoms with Crippen LogP contribution in [-0.2, 0) is 32.4 Å². The maximum absolute atomic E-state index is 12.2. The molecule has 6 heteroatoms. The van der Waals surface area contributed by atoms with Gasteiger partial charge in [0.2, 0.25) is 0 Å². The Morgan fingerprint density at radius 2 is 1.59 bits per heavy atom. The number of phenolic OH excluding ortho intramolecular Hbond substituents is 1. The van der Waals surface area contributed by atoms with Gasteiger partial charge in [-0.25, -0.2) is 0 Å². The number of methoxy groups -OCH3 is 1. The topological polar surface area (TPSA) is 86.7 Å². The number of ketones is 2. The fourth-order valence-corrected chi connectivity index (χ4v) is 2.68. The molecule has 0 saturated carbocycles. The molecule has 0 heterocycles. The molecule has 0 amide bonds. The van der Waals surface area contributed by atoms with Gasteiger partial charge in [-0.05, 0) is 24.3 Å². The molecule has 0 spiro atoms. The Balaban J connectivity index is 0.000000247. The molecule has 2 aromatic carbocycles. The number of rotatable bonds is 1. The minimum atomic E-state index is -0.546. The van der Waals surface area contributed by atoms with Crippen LogP contribution in [-0.4, -0.2) is 23.8 Å². The summed E-state index contributed by atoms with van der Waals surface area (Å²) in [4.78, 5) is 24.3. The van der Waals surface area contributed by atoms with E-state index >= 15 is 0 Å². The maximum Gasteiger partial charge on any atom is 1.00 e. The third kappa shape index (κ3) is 4.05. The van der Waals surface area contributed by atoms with E-state index in [4.69, 9.17) is 4.74 Å². The molecule has 4 rings (SSSR count). The SMILES string of the molecule is COC1=CC=C=C[CH]1.O=C1c2ccccc2C(=O)c2c(O)ccc([O-])c21.[Hg+]. The fourth-order valence-electron chi connectivity index (χ4n) is 2.68. The minimum Gasteiger partial charge on any atom is -0.872 e. The van der Waals surface area contributed by atoms with Crippen LogP contribution in [0.4, 0.5) is 0 Å². The molecule has 130 valence electrons. The van der Waals surface area contributed by atoms with E-state index in [0.717, 1.165) is 17.9 Å². The average Bonchev–Trinajstić information content (AvgIpc) is 2.69. The molecule has 5 nitrogen and oxygen atoms in total. The van der Waals surface area contributed by atoms with Gasteiger partial charge >= 0.3 is 27.7 Å². The van der Waals surface area contributed by atoms with E-state index in [1.54, 1.807) is 19.2 Å². The van der Waals surface area contributed by atoms with Gasteiger partial charge in [-0.15, -0.1) is 5.73 Å². The van der Waals surface area contributed by atoms with Gasteiger partial charge in [-0.2, -0.15) is 0 Å². The predicted molar refractivity (Wildman–Crippen MR) is 92.9 cm³/mol. The first-order valence-electron chi connectivity index (χ1n) is 7.76. The van der Waals surface area contributed by atoms with E-state index in [2.05, 4.69) is 5.73 Å². The summed E-state index contributed by atoms with van der Waals surface area (Å²) in [5, 5.41) is 21.4. The summed E-state index contributed by atoms with van der Waals surface area (Å²) in [5.74, 6) is -1.01. The van der Waals surface area contributed by atoms with E-state index in [1.807, 2.05) is 24.6 Å². The molecular weight excluding hydrogens is 533 g/mol. The number of carbonyl (C=O) groups excluding carboxylic acids is 2. The monoisotopic (exact) mass is 548 g/mol. The van der Waals surface area contributed by atoms with Gasteiger partial charge in [-0.3, -0.25) is 9.59 Å². The maximum atomic E-state index is 12.2. The van der Waals surface area contributed by atoms with Crippen molar-refractivity contribution in [2.24, 2.45) is 0 Å². The second-order valence-corrected chi connectivity index (χ2v) is 5.48. The molecule has 0 atom stereocenters. The second-order valence-electron chi connectivity index (χ2n) is 5.48. The summed E-state index contributed by atoms with van der Waals surface area (Å²) < 4.78 is 4.89. The van der Waals surface area contributed by atoms with Crippen molar-refractivity contribution in [1.29, 1.82) is 0 Å². The van der Waals surface area contributed by atoms with E-state index in [-0.39, 0.29) is 55.7 Å². The Morgan fingerprint density at radius 1 is 0.963 bits per heavy atom. The van der Waals surface area contributed by atoms with Crippen molar-refractivity contribution in [3.8, 4) is 11.5 Å². The number of benzene rings is 2. The van der Waals surface area contributed by atoms with Gasteiger partial charge in [0.15, 0.2) is 11.6 Å². The number of ether oxygens (including phenoxy) is 1. The molecule has 0 fully saturated rings. The summed E-state index contributed by atoms with van der Waals surface area (Å²) in [5.41, 5.74) is 2.89. The summed E-state index contributed by atoms with van der Waals surface area (Å²) in [6, 6.07) is 8.50. The summed E-state index contributed by atoms with van der Waals surface area (Å²) in [7, 11) is 1.65. The van der Waals surface area contributed by atoms with Crippen LogP contribution in [0.2, 0.25) is 0 Å². The molecule has 0 aromatic heterocycles. The molecule has 2 aliphatic rings. The molecule has 0 bridgehead atoms. The average molecular weight is 547 g/mol. The van der Waals surface area contributed by atoms with Gasteiger partial charge in [0.05, 0.1) is 19.1 Å². The second kappa shape index (κ2) is 8.84. The van der Waals surface area contributed by atoms with Crippen LogP contribution in [0.3, 0.4) is 0 Å². The predicted octanol–water partition coefficient (Wildman–Crippen LogP) is 2.68. The van der Waals surface area contributed by atoms with Crippen LogP contribution in [0, 0.1) is 6.42 Å².